The van der Waals surface area contributed by atoms with E-state index in [0.29, 0.717) is 48.8 Å². The van der Waals surface area contributed by atoms with Gasteiger partial charge in [0.25, 0.3) is 0 Å². The third kappa shape index (κ3) is 3.96. The van der Waals surface area contributed by atoms with Crippen molar-refractivity contribution < 1.29 is 14.3 Å². The van der Waals surface area contributed by atoms with Crippen LogP contribution < -0.4 is 5.32 Å². The van der Waals surface area contributed by atoms with Crippen molar-refractivity contribution in [3.8, 4) is 0 Å². The number of carbonyl (C=O) groups is 2. The lowest BCUT2D eigenvalue weighted by molar-refractivity contribution is -0.129. The lowest BCUT2D eigenvalue weighted by Gasteiger charge is -2.38. The van der Waals surface area contributed by atoms with Crippen LogP contribution in [0.2, 0.25) is 10.0 Å². The van der Waals surface area contributed by atoms with E-state index in [9.17, 15) is 9.59 Å². The number of benzene rings is 1. The molecule has 146 valence electrons. The van der Waals surface area contributed by atoms with Gasteiger partial charge in [-0.2, -0.15) is 0 Å². The third-order valence-corrected chi connectivity index (χ3v) is 6.62. The number of ether oxygens (including phenoxy) is 1. The summed E-state index contributed by atoms with van der Waals surface area (Å²) in [7, 11) is 0. The normalized spacial score (nSPS) is 24.9. The van der Waals surface area contributed by atoms with Crippen LogP contribution in [0.25, 0.3) is 0 Å². The maximum absolute atomic E-state index is 12.8. The first-order chi connectivity index (χ1) is 13.0. The van der Waals surface area contributed by atoms with Gasteiger partial charge in [0.05, 0.1) is 5.92 Å². The molecule has 1 aliphatic carbocycles. The average Bonchev–Trinajstić information content (AvgIpc) is 3.42. The highest BCUT2D eigenvalue weighted by Crippen LogP contribution is 2.39. The maximum Gasteiger partial charge on any atom is 0.225 e. The summed E-state index contributed by atoms with van der Waals surface area (Å²) < 4.78 is 5.54. The highest BCUT2D eigenvalue weighted by Gasteiger charge is 2.43. The van der Waals surface area contributed by atoms with Gasteiger partial charge in [-0.15, -0.1) is 0 Å². The molecule has 1 aromatic rings. The van der Waals surface area contributed by atoms with E-state index < -0.39 is 0 Å². The lowest BCUT2D eigenvalue weighted by Crippen LogP contribution is -2.46. The maximum atomic E-state index is 12.8. The summed E-state index contributed by atoms with van der Waals surface area (Å²) in [4.78, 5) is 26.8. The van der Waals surface area contributed by atoms with Gasteiger partial charge in [0, 0.05) is 54.2 Å². The number of halogens is 2. The molecule has 1 atom stereocenters. The number of rotatable bonds is 5. The van der Waals surface area contributed by atoms with E-state index in [2.05, 4.69) is 5.32 Å². The Morgan fingerprint density at radius 2 is 2.00 bits per heavy atom. The number of nitrogens with zero attached hydrogens (tertiary/aromatic N) is 1. The van der Waals surface area contributed by atoms with E-state index in [0.717, 1.165) is 31.2 Å². The van der Waals surface area contributed by atoms with Crippen molar-refractivity contribution in [1.29, 1.82) is 0 Å². The number of hydrogen-bond donors (Lipinski definition) is 1. The minimum Gasteiger partial charge on any atom is -0.381 e. The molecule has 1 N–H and O–H groups in total. The quantitative estimate of drug-likeness (QED) is 0.810. The van der Waals surface area contributed by atoms with Gasteiger partial charge >= 0.3 is 0 Å². The number of carbonyl (C=O) groups excluding carboxylic acids is 2. The van der Waals surface area contributed by atoms with Crippen LogP contribution in [-0.2, 0) is 19.7 Å². The van der Waals surface area contributed by atoms with Gasteiger partial charge in [0.1, 0.15) is 0 Å². The minimum absolute atomic E-state index is 0.0394. The van der Waals surface area contributed by atoms with Gasteiger partial charge in [-0.3, -0.25) is 9.59 Å². The van der Waals surface area contributed by atoms with Gasteiger partial charge in [-0.05, 0) is 43.4 Å². The van der Waals surface area contributed by atoms with Crippen molar-refractivity contribution in [2.75, 3.05) is 26.3 Å². The largest absolute Gasteiger partial charge is 0.381 e. The second-order valence-electron chi connectivity index (χ2n) is 7.91. The van der Waals surface area contributed by atoms with Crippen molar-refractivity contribution in [3.05, 3.63) is 33.8 Å². The smallest absolute Gasteiger partial charge is 0.225 e. The Bertz CT molecular complexity index is 745. The van der Waals surface area contributed by atoms with E-state index in [1.54, 1.807) is 6.07 Å². The fourth-order valence-electron chi connectivity index (χ4n) is 4.27. The molecule has 1 saturated carbocycles. The average molecular weight is 411 g/mol. The number of nitrogens with one attached hydrogen (secondary N) is 1. The van der Waals surface area contributed by atoms with Crippen molar-refractivity contribution in [2.45, 2.75) is 43.6 Å². The summed E-state index contributed by atoms with van der Waals surface area (Å²) >= 11 is 12.5. The summed E-state index contributed by atoms with van der Waals surface area (Å²) in [6, 6.07) is 5.91. The zero-order valence-corrected chi connectivity index (χ0v) is 16.7. The molecule has 2 amide bonds. The Kier molecular flexibility index (Phi) is 5.36. The molecule has 0 spiro atoms. The number of amides is 2. The molecule has 0 aromatic heterocycles. The molecule has 3 aliphatic rings. The van der Waals surface area contributed by atoms with Crippen LogP contribution in [0, 0.1) is 5.92 Å². The van der Waals surface area contributed by atoms with Crippen LogP contribution >= 0.6 is 23.2 Å². The molecule has 4 rings (SSSR count). The molecule has 1 aromatic carbocycles. The Balaban J connectivity index is 1.46. The second-order valence-corrected chi connectivity index (χ2v) is 8.76. The SMILES string of the molecule is O=C(NCC1(c2ccc(Cl)cc2Cl)CCOCC1)C1CC(=O)N(C2CC2)C1. The Morgan fingerprint density at radius 1 is 1.26 bits per heavy atom. The highest BCUT2D eigenvalue weighted by atomic mass is 35.5. The molecule has 2 heterocycles. The minimum atomic E-state index is -0.269. The standard InChI is InChI=1S/C20H24Cl2N2O3/c21-14-1-4-16(17(22)10-14)20(5-7-27-8-6-20)12-23-19(26)13-9-18(25)24(11-13)15-2-3-15/h1,4,10,13,15H,2-3,5-9,11-12H2,(H,23,26). The molecule has 3 fully saturated rings. The van der Waals surface area contributed by atoms with Gasteiger partial charge in [-0.1, -0.05) is 29.3 Å². The van der Waals surface area contributed by atoms with Crippen molar-refractivity contribution in [3.63, 3.8) is 0 Å². The summed E-state index contributed by atoms with van der Waals surface area (Å²) in [5.41, 5.74) is 0.730. The highest BCUT2D eigenvalue weighted by molar-refractivity contribution is 6.35. The molecule has 0 bridgehead atoms. The number of hydrogen-bond acceptors (Lipinski definition) is 3. The van der Waals surface area contributed by atoms with Crippen molar-refractivity contribution in [2.24, 2.45) is 5.92 Å². The molecule has 1 unspecified atom stereocenters. The molecule has 0 radical (unpaired) electrons. The molecular formula is C20H24Cl2N2O3. The molecule has 2 aliphatic heterocycles. The van der Waals surface area contributed by atoms with Gasteiger partial charge < -0.3 is 15.0 Å². The topological polar surface area (TPSA) is 58.6 Å². The zero-order chi connectivity index (χ0) is 19.0. The Hall–Kier alpha value is -1.30. The van der Waals surface area contributed by atoms with Crippen LogP contribution in [0.5, 0.6) is 0 Å². The lowest BCUT2D eigenvalue weighted by atomic mass is 9.74. The van der Waals surface area contributed by atoms with E-state index in [4.69, 9.17) is 27.9 Å². The van der Waals surface area contributed by atoms with E-state index in [1.165, 1.54) is 0 Å². The van der Waals surface area contributed by atoms with E-state index in [1.807, 2.05) is 17.0 Å². The van der Waals surface area contributed by atoms with Gasteiger partial charge in [-0.25, -0.2) is 0 Å². The van der Waals surface area contributed by atoms with E-state index in [-0.39, 0.29) is 23.1 Å². The molecule has 2 saturated heterocycles. The van der Waals surface area contributed by atoms with E-state index >= 15 is 0 Å². The molecular weight excluding hydrogens is 387 g/mol. The summed E-state index contributed by atoms with van der Waals surface area (Å²) in [5, 5.41) is 4.33. The summed E-state index contributed by atoms with van der Waals surface area (Å²) in [5.74, 6) is -0.183. The summed E-state index contributed by atoms with van der Waals surface area (Å²) in [6.07, 6.45) is 4.02. The van der Waals surface area contributed by atoms with Crippen LogP contribution in [0.3, 0.4) is 0 Å². The van der Waals surface area contributed by atoms with Crippen LogP contribution in [0.4, 0.5) is 0 Å². The van der Waals surface area contributed by atoms with Crippen molar-refractivity contribution in [1.82, 2.24) is 10.2 Å². The second kappa shape index (κ2) is 7.61. The summed E-state index contributed by atoms with van der Waals surface area (Å²) in [6.45, 7) is 2.30. The van der Waals surface area contributed by atoms with Crippen molar-refractivity contribution >= 4 is 35.0 Å². The number of likely N-dealkylation sites (tertiary alicyclic amines) is 1. The van der Waals surface area contributed by atoms with Crippen LogP contribution in [-0.4, -0.2) is 49.1 Å². The Labute approximate surface area is 169 Å². The molecule has 27 heavy (non-hydrogen) atoms. The van der Waals surface area contributed by atoms with Gasteiger partial charge in [0.15, 0.2) is 0 Å². The Morgan fingerprint density at radius 3 is 2.67 bits per heavy atom. The van der Waals surface area contributed by atoms with Crippen LogP contribution in [0.1, 0.15) is 37.7 Å². The zero-order valence-electron chi connectivity index (χ0n) is 15.2. The first kappa shape index (κ1) is 19.0. The molecule has 5 nitrogen and oxygen atoms in total. The predicted octanol–water partition coefficient (Wildman–Crippen LogP) is 3.17. The third-order valence-electron chi connectivity index (χ3n) is 6.07. The van der Waals surface area contributed by atoms with Crippen LogP contribution in [0.15, 0.2) is 18.2 Å². The predicted molar refractivity (Wildman–Crippen MR) is 104 cm³/mol. The van der Waals surface area contributed by atoms with Gasteiger partial charge in [0.2, 0.25) is 11.8 Å². The first-order valence-corrected chi connectivity index (χ1v) is 10.3. The molecule has 7 heteroatoms. The monoisotopic (exact) mass is 410 g/mol. The fraction of sp³-hybridized carbons (Fsp3) is 0.600. The fourth-order valence-corrected chi connectivity index (χ4v) is 4.88. The first-order valence-electron chi connectivity index (χ1n) is 9.59.